The van der Waals surface area contributed by atoms with Crippen LogP contribution in [0.5, 0.6) is 0 Å². The number of hydrogen-bond donors (Lipinski definition) is 1. The fraction of sp³-hybridized carbons (Fsp3) is 0.692. The van der Waals surface area contributed by atoms with Crippen LogP contribution in [0.2, 0.25) is 0 Å². The van der Waals surface area contributed by atoms with Gasteiger partial charge in [0.2, 0.25) is 0 Å². The van der Waals surface area contributed by atoms with Crippen molar-refractivity contribution in [2.24, 2.45) is 0 Å². The summed E-state index contributed by atoms with van der Waals surface area (Å²) < 4.78 is 0. The van der Waals surface area contributed by atoms with Crippen molar-refractivity contribution in [3.63, 3.8) is 0 Å². The van der Waals surface area contributed by atoms with Crippen LogP contribution in [-0.4, -0.2) is 38.7 Å². The average Bonchev–Trinajstić information content (AvgIpc) is 2.32. The number of β-amino-alcohol motifs (C(OH)–C–C–N with tert-alkyl or cyclic N) is 1. The lowest BCUT2D eigenvalue weighted by Gasteiger charge is -2.38. The second-order valence-corrected chi connectivity index (χ2v) is 5.03. The third kappa shape index (κ3) is 3.23. The Balaban J connectivity index is 1.97. The van der Waals surface area contributed by atoms with Crippen LogP contribution in [0.3, 0.4) is 0 Å². The van der Waals surface area contributed by atoms with Gasteiger partial charge in [0.1, 0.15) is 5.82 Å². The molecule has 4 heteroatoms. The first-order valence-electron chi connectivity index (χ1n) is 6.33. The van der Waals surface area contributed by atoms with Crippen LogP contribution >= 0.6 is 0 Å². The molecule has 0 spiro atoms. The topological polar surface area (TPSA) is 49.2 Å². The summed E-state index contributed by atoms with van der Waals surface area (Å²) >= 11 is 0. The minimum atomic E-state index is -0.496. The van der Waals surface area contributed by atoms with Gasteiger partial charge in [-0.1, -0.05) is 6.92 Å². The van der Waals surface area contributed by atoms with Crippen LogP contribution in [0, 0.1) is 6.92 Å². The summed E-state index contributed by atoms with van der Waals surface area (Å²) in [6, 6.07) is 0. The van der Waals surface area contributed by atoms with Crippen molar-refractivity contribution >= 4 is 0 Å². The number of hydrogen-bond acceptors (Lipinski definition) is 4. The summed E-state index contributed by atoms with van der Waals surface area (Å²) in [5.74, 6) is 0.803. The van der Waals surface area contributed by atoms with Gasteiger partial charge in [-0.15, -0.1) is 0 Å². The molecule has 0 bridgehead atoms. The van der Waals surface area contributed by atoms with Gasteiger partial charge in [-0.3, -0.25) is 4.90 Å². The van der Waals surface area contributed by atoms with Gasteiger partial charge in [0.05, 0.1) is 5.60 Å². The number of piperidine rings is 1. The van der Waals surface area contributed by atoms with E-state index in [0.29, 0.717) is 0 Å². The van der Waals surface area contributed by atoms with E-state index in [1.165, 1.54) is 0 Å². The Bertz CT molecular complexity index is 365. The fourth-order valence-electron chi connectivity index (χ4n) is 2.39. The molecule has 2 rings (SSSR count). The van der Waals surface area contributed by atoms with Crippen LogP contribution in [0.4, 0.5) is 0 Å². The predicted octanol–water partition coefficient (Wildman–Crippen LogP) is 1.52. The first kappa shape index (κ1) is 12.5. The molecule has 1 aliphatic rings. The molecule has 1 unspecified atom stereocenters. The van der Waals surface area contributed by atoms with E-state index in [2.05, 4.69) is 21.8 Å². The molecule has 1 N–H and O–H groups in total. The Kier molecular flexibility index (Phi) is 3.74. The summed E-state index contributed by atoms with van der Waals surface area (Å²) in [5, 5.41) is 10.3. The quantitative estimate of drug-likeness (QED) is 0.863. The maximum Gasteiger partial charge on any atom is 0.125 e. The highest BCUT2D eigenvalue weighted by atomic mass is 16.3. The number of aliphatic hydroxyl groups is 1. The Morgan fingerprint density at radius 2 is 2.12 bits per heavy atom. The lowest BCUT2D eigenvalue weighted by Crippen LogP contribution is -2.47. The van der Waals surface area contributed by atoms with Crippen LogP contribution in [-0.2, 0) is 6.54 Å². The second-order valence-electron chi connectivity index (χ2n) is 5.03. The lowest BCUT2D eigenvalue weighted by molar-refractivity contribution is -0.0358. The van der Waals surface area contributed by atoms with E-state index in [0.717, 1.165) is 50.3 Å². The molecule has 0 radical (unpaired) electrons. The van der Waals surface area contributed by atoms with E-state index in [1.54, 1.807) is 0 Å². The molecule has 0 saturated carbocycles. The zero-order chi connectivity index (χ0) is 12.3. The van der Waals surface area contributed by atoms with Crippen molar-refractivity contribution in [1.29, 1.82) is 0 Å². The van der Waals surface area contributed by atoms with Crippen LogP contribution in [0.25, 0.3) is 0 Å². The van der Waals surface area contributed by atoms with Crippen LogP contribution in [0.1, 0.15) is 37.6 Å². The molecule has 4 nitrogen and oxygen atoms in total. The van der Waals surface area contributed by atoms with Crippen LogP contribution < -0.4 is 0 Å². The molecule has 1 saturated heterocycles. The number of rotatable bonds is 3. The normalized spacial score (nSPS) is 26.1. The largest absolute Gasteiger partial charge is 0.389 e. The standard InChI is InChI=1S/C13H21N3O/c1-3-13(17)5-4-6-16(10-13)9-12-7-14-11(2)15-8-12/h7-8,17H,3-6,9-10H2,1-2H3. The molecule has 17 heavy (non-hydrogen) atoms. The first-order valence-corrected chi connectivity index (χ1v) is 6.33. The van der Waals surface area contributed by atoms with Gasteiger partial charge in [0.15, 0.2) is 0 Å². The first-order chi connectivity index (χ1) is 8.11. The number of nitrogens with zero attached hydrogens (tertiary/aromatic N) is 3. The highest BCUT2D eigenvalue weighted by molar-refractivity contribution is 5.05. The maximum atomic E-state index is 10.3. The Labute approximate surface area is 103 Å². The predicted molar refractivity (Wildman–Crippen MR) is 66.5 cm³/mol. The van der Waals surface area contributed by atoms with E-state index in [-0.39, 0.29) is 0 Å². The van der Waals surface area contributed by atoms with E-state index >= 15 is 0 Å². The molecule has 0 aromatic carbocycles. The molecular formula is C13H21N3O. The van der Waals surface area contributed by atoms with Gasteiger partial charge in [-0.25, -0.2) is 9.97 Å². The molecule has 2 heterocycles. The summed E-state index contributed by atoms with van der Waals surface area (Å²) in [5.41, 5.74) is 0.625. The zero-order valence-electron chi connectivity index (χ0n) is 10.7. The molecule has 1 aromatic rings. The zero-order valence-corrected chi connectivity index (χ0v) is 10.7. The SMILES string of the molecule is CCC1(O)CCCN(Cc2cnc(C)nc2)C1. The Hall–Kier alpha value is -1.00. The molecule has 1 aliphatic heterocycles. The highest BCUT2D eigenvalue weighted by Gasteiger charge is 2.31. The van der Waals surface area contributed by atoms with Crippen molar-refractivity contribution in [2.45, 2.75) is 45.3 Å². The van der Waals surface area contributed by atoms with E-state index in [9.17, 15) is 5.11 Å². The molecule has 1 fully saturated rings. The van der Waals surface area contributed by atoms with Gasteiger partial charge in [0.25, 0.3) is 0 Å². The smallest absolute Gasteiger partial charge is 0.125 e. The van der Waals surface area contributed by atoms with Crippen LogP contribution in [0.15, 0.2) is 12.4 Å². The van der Waals surface area contributed by atoms with Crippen molar-refractivity contribution in [3.8, 4) is 0 Å². The second kappa shape index (κ2) is 5.10. The Morgan fingerprint density at radius 3 is 2.76 bits per heavy atom. The van der Waals surface area contributed by atoms with E-state index in [1.807, 2.05) is 19.3 Å². The average molecular weight is 235 g/mol. The minimum Gasteiger partial charge on any atom is -0.389 e. The van der Waals surface area contributed by atoms with Gasteiger partial charge >= 0.3 is 0 Å². The van der Waals surface area contributed by atoms with Gasteiger partial charge in [-0.2, -0.15) is 0 Å². The molecule has 1 aromatic heterocycles. The molecule has 0 amide bonds. The number of aromatic nitrogens is 2. The van der Waals surface area contributed by atoms with Gasteiger partial charge in [-0.05, 0) is 32.7 Å². The molecule has 0 aliphatic carbocycles. The van der Waals surface area contributed by atoms with Gasteiger partial charge in [0, 0.05) is 31.0 Å². The minimum absolute atomic E-state index is 0.496. The van der Waals surface area contributed by atoms with Crippen molar-refractivity contribution in [3.05, 3.63) is 23.8 Å². The number of aryl methyl sites for hydroxylation is 1. The highest BCUT2D eigenvalue weighted by Crippen LogP contribution is 2.24. The molecule has 94 valence electrons. The maximum absolute atomic E-state index is 10.3. The Morgan fingerprint density at radius 1 is 1.41 bits per heavy atom. The lowest BCUT2D eigenvalue weighted by atomic mass is 9.90. The van der Waals surface area contributed by atoms with E-state index < -0.39 is 5.60 Å². The fourth-order valence-corrected chi connectivity index (χ4v) is 2.39. The number of likely N-dealkylation sites (tertiary alicyclic amines) is 1. The summed E-state index contributed by atoms with van der Waals surface area (Å²) in [4.78, 5) is 10.7. The molecular weight excluding hydrogens is 214 g/mol. The molecule has 1 atom stereocenters. The van der Waals surface area contributed by atoms with Crippen molar-refractivity contribution < 1.29 is 5.11 Å². The van der Waals surface area contributed by atoms with Gasteiger partial charge < -0.3 is 5.11 Å². The summed E-state index contributed by atoms with van der Waals surface area (Å²) in [7, 11) is 0. The van der Waals surface area contributed by atoms with Crippen molar-refractivity contribution in [2.75, 3.05) is 13.1 Å². The monoisotopic (exact) mass is 235 g/mol. The van der Waals surface area contributed by atoms with E-state index in [4.69, 9.17) is 0 Å². The van der Waals surface area contributed by atoms with Crippen molar-refractivity contribution in [1.82, 2.24) is 14.9 Å². The third-order valence-corrected chi connectivity index (χ3v) is 3.53. The third-order valence-electron chi connectivity index (χ3n) is 3.53. The summed E-state index contributed by atoms with van der Waals surface area (Å²) in [6.07, 6.45) is 6.57. The summed E-state index contributed by atoms with van der Waals surface area (Å²) in [6.45, 7) is 6.59.